The highest BCUT2D eigenvalue weighted by Crippen LogP contribution is 2.32. The highest BCUT2D eigenvalue weighted by molar-refractivity contribution is 5.98. The van der Waals surface area contributed by atoms with E-state index in [1.54, 1.807) is 31.4 Å². The van der Waals surface area contributed by atoms with Crippen LogP contribution in [-0.2, 0) is 12.7 Å². The van der Waals surface area contributed by atoms with Gasteiger partial charge in [-0.2, -0.15) is 13.2 Å². The third-order valence-electron chi connectivity index (χ3n) is 5.42. The third-order valence-corrected chi connectivity index (χ3v) is 5.42. The molecule has 0 bridgehead atoms. The van der Waals surface area contributed by atoms with Crippen LogP contribution in [0.2, 0.25) is 0 Å². The Bertz CT molecular complexity index is 1580. The molecule has 0 saturated carbocycles. The van der Waals surface area contributed by atoms with E-state index >= 15 is 0 Å². The molecule has 0 atom stereocenters. The molecule has 2 heterocycles. The zero-order valence-electron chi connectivity index (χ0n) is 19.8. The molecule has 0 aliphatic heterocycles. The molecule has 12 heteroatoms. The van der Waals surface area contributed by atoms with Crippen molar-refractivity contribution in [3.63, 3.8) is 0 Å². The molecule has 0 fully saturated rings. The quantitative estimate of drug-likeness (QED) is 0.283. The lowest BCUT2D eigenvalue weighted by molar-refractivity contribution is -0.137. The number of halogens is 5. The number of amides is 1. The maximum Gasteiger partial charge on any atom is 0.417 e. The van der Waals surface area contributed by atoms with Crippen LogP contribution in [0.5, 0.6) is 0 Å². The summed E-state index contributed by atoms with van der Waals surface area (Å²) in [6.07, 6.45) is -2.57. The minimum atomic E-state index is -4.76. The first kappa shape index (κ1) is 26.3. The summed E-state index contributed by atoms with van der Waals surface area (Å²) in [5, 5.41) is 3.58. The van der Waals surface area contributed by atoms with Crippen molar-refractivity contribution in [2.45, 2.75) is 12.7 Å². The summed E-state index contributed by atoms with van der Waals surface area (Å²) < 4.78 is 66.9. The number of carbonyl (C=O) groups excluding carboxylic acids is 1. The first-order chi connectivity index (χ1) is 18.0. The minimum Gasteiger partial charge on any atom is -0.365 e. The van der Waals surface area contributed by atoms with Crippen molar-refractivity contribution in [3.05, 3.63) is 88.7 Å². The van der Waals surface area contributed by atoms with Gasteiger partial charge in [0.2, 0.25) is 5.95 Å². The molecule has 1 amide bonds. The summed E-state index contributed by atoms with van der Waals surface area (Å²) in [5.74, 6) is 2.78. The molecule has 4 rings (SSSR count). The highest BCUT2D eigenvalue weighted by atomic mass is 19.4. The number of aromatic nitrogens is 3. The Kier molecular flexibility index (Phi) is 7.38. The number of primary amides is 1. The molecular weight excluding hydrogens is 507 g/mol. The van der Waals surface area contributed by atoms with Gasteiger partial charge in [0.1, 0.15) is 5.82 Å². The van der Waals surface area contributed by atoms with E-state index in [-0.39, 0.29) is 24.5 Å². The third kappa shape index (κ3) is 5.95. The fourth-order valence-electron chi connectivity index (χ4n) is 3.58. The fraction of sp³-hybridized carbons (Fsp3) is 0.154. The van der Waals surface area contributed by atoms with Gasteiger partial charge in [0.15, 0.2) is 11.6 Å². The molecule has 194 valence electrons. The number of nitrogens with two attached hydrogens (primary N) is 1. The van der Waals surface area contributed by atoms with E-state index in [1.165, 1.54) is 11.0 Å². The molecule has 0 aliphatic rings. The fourth-order valence-corrected chi connectivity index (χ4v) is 3.58. The first-order valence-electron chi connectivity index (χ1n) is 11.0. The average Bonchev–Trinajstić information content (AvgIpc) is 2.89. The van der Waals surface area contributed by atoms with E-state index in [0.717, 1.165) is 17.5 Å². The normalized spacial score (nSPS) is 11.1. The van der Waals surface area contributed by atoms with Gasteiger partial charge in [-0.15, -0.1) is 0 Å². The minimum absolute atomic E-state index is 0.134. The summed E-state index contributed by atoms with van der Waals surface area (Å²) in [6, 6.07) is 8.99. The van der Waals surface area contributed by atoms with Crippen LogP contribution >= 0.6 is 0 Å². The van der Waals surface area contributed by atoms with Crippen molar-refractivity contribution >= 4 is 28.6 Å². The number of hydrogen-bond acceptors (Lipinski definition) is 6. The average molecular weight is 526 g/mol. The van der Waals surface area contributed by atoms with Crippen molar-refractivity contribution in [2.24, 2.45) is 5.73 Å². The first-order valence-corrected chi connectivity index (χ1v) is 11.0. The molecule has 7 nitrogen and oxygen atoms in total. The van der Waals surface area contributed by atoms with Crippen molar-refractivity contribution in [1.29, 1.82) is 0 Å². The molecule has 2 aromatic carbocycles. The van der Waals surface area contributed by atoms with Crippen molar-refractivity contribution in [1.82, 2.24) is 15.0 Å². The second-order valence-electron chi connectivity index (χ2n) is 8.08. The Labute approximate surface area is 213 Å². The molecule has 4 aromatic rings. The van der Waals surface area contributed by atoms with Gasteiger partial charge < -0.3 is 16.0 Å². The second-order valence-corrected chi connectivity index (χ2v) is 8.08. The summed E-state index contributed by atoms with van der Waals surface area (Å²) in [7, 11) is 1.70. The summed E-state index contributed by atoms with van der Waals surface area (Å²) in [4.78, 5) is 25.7. The number of nitrogens with one attached hydrogen (secondary N) is 1. The summed E-state index contributed by atoms with van der Waals surface area (Å²) in [6.45, 7) is -0.284. The predicted octanol–water partition coefficient (Wildman–Crippen LogP) is 4.52. The van der Waals surface area contributed by atoms with Crippen LogP contribution in [0.3, 0.4) is 0 Å². The lowest BCUT2D eigenvalue weighted by Crippen LogP contribution is -2.28. The molecule has 3 N–H and O–H groups in total. The van der Waals surface area contributed by atoms with E-state index in [0.29, 0.717) is 29.3 Å². The maximum atomic E-state index is 13.8. The Morgan fingerprint density at radius 1 is 1.05 bits per heavy atom. The van der Waals surface area contributed by atoms with E-state index in [2.05, 4.69) is 32.1 Å². The van der Waals surface area contributed by atoms with Crippen LogP contribution in [0.1, 0.15) is 27.0 Å². The van der Waals surface area contributed by atoms with Crippen molar-refractivity contribution < 1.29 is 26.7 Å². The van der Waals surface area contributed by atoms with E-state index in [1.807, 2.05) is 0 Å². The SMILES string of the molecule is CNc1ncc2cc(C#CCN(Cc3ccc(F)c(F)c3)c3ncc(C(F)(F)F)cc3C(N)=O)ccc2n1. The van der Waals surface area contributed by atoms with Crippen molar-refractivity contribution in [2.75, 3.05) is 23.8 Å². The summed E-state index contributed by atoms with van der Waals surface area (Å²) >= 11 is 0. The van der Waals surface area contributed by atoms with Gasteiger partial charge in [-0.3, -0.25) is 4.79 Å². The van der Waals surface area contributed by atoms with Crippen LogP contribution in [-0.4, -0.2) is 34.5 Å². The number of benzene rings is 2. The standard InChI is InChI=1S/C26H19F5N6O/c1-33-25-35-12-17-9-15(5-7-22(17)36-25)3-2-8-37(14-16-4-6-20(27)21(28)10-16)24-19(23(32)38)11-18(13-34-24)26(29,30)31/h4-7,9-13H,8,14H2,1H3,(H2,32,38)(H,33,35,36). The Hall–Kier alpha value is -4.79. The number of hydrogen-bond donors (Lipinski definition) is 2. The van der Waals surface area contributed by atoms with Crippen LogP contribution in [0.4, 0.5) is 33.7 Å². The monoisotopic (exact) mass is 526 g/mol. The van der Waals surface area contributed by atoms with Crippen LogP contribution in [0.15, 0.2) is 54.9 Å². The van der Waals surface area contributed by atoms with Crippen molar-refractivity contribution in [3.8, 4) is 11.8 Å². The maximum absolute atomic E-state index is 13.8. The molecule has 2 aromatic heterocycles. The molecule has 0 unspecified atom stereocenters. The summed E-state index contributed by atoms with van der Waals surface area (Å²) in [5.41, 5.74) is 5.27. The van der Waals surface area contributed by atoms with Gasteiger partial charge in [-0.25, -0.2) is 23.7 Å². The lowest BCUT2D eigenvalue weighted by Gasteiger charge is -2.24. The topological polar surface area (TPSA) is 97.0 Å². The smallest absolute Gasteiger partial charge is 0.365 e. The van der Waals surface area contributed by atoms with Gasteiger partial charge in [0.05, 0.1) is 23.2 Å². The molecule has 0 spiro atoms. The number of rotatable bonds is 6. The van der Waals surface area contributed by atoms with Gasteiger partial charge in [-0.05, 0) is 42.0 Å². The molecular formula is C26H19F5N6O. The highest BCUT2D eigenvalue weighted by Gasteiger charge is 2.33. The zero-order valence-corrected chi connectivity index (χ0v) is 19.8. The number of nitrogens with zero attached hydrogens (tertiary/aromatic N) is 4. The molecule has 0 radical (unpaired) electrons. The van der Waals surface area contributed by atoms with E-state index in [9.17, 15) is 26.7 Å². The van der Waals surface area contributed by atoms with E-state index < -0.39 is 34.8 Å². The second kappa shape index (κ2) is 10.7. The zero-order chi connectivity index (χ0) is 27.4. The lowest BCUT2D eigenvalue weighted by atomic mass is 10.1. The number of alkyl halides is 3. The van der Waals surface area contributed by atoms with Gasteiger partial charge in [0, 0.05) is 36.9 Å². The number of carbonyl (C=O) groups is 1. The van der Waals surface area contributed by atoms with Crippen LogP contribution in [0.25, 0.3) is 10.9 Å². The van der Waals surface area contributed by atoms with E-state index in [4.69, 9.17) is 5.73 Å². The number of pyridine rings is 1. The Morgan fingerprint density at radius 3 is 2.53 bits per heavy atom. The molecule has 0 saturated heterocycles. The van der Waals surface area contributed by atoms with Gasteiger partial charge in [0.25, 0.3) is 5.91 Å². The van der Waals surface area contributed by atoms with Crippen LogP contribution in [0, 0.1) is 23.5 Å². The largest absolute Gasteiger partial charge is 0.417 e. The van der Waals surface area contributed by atoms with Gasteiger partial charge >= 0.3 is 6.18 Å². The molecule has 0 aliphatic carbocycles. The Morgan fingerprint density at radius 2 is 1.84 bits per heavy atom. The Balaban J connectivity index is 1.70. The number of fused-ring (bicyclic) bond motifs is 1. The van der Waals surface area contributed by atoms with Crippen LogP contribution < -0.4 is 16.0 Å². The predicted molar refractivity (Wildman–Crippen MR) is 131 cm³/mol. The molecule has 38 heavy (non-hydrogen) atoms. The number of anilines is 2. The van der Waals surface area contributed by atoms with Gasteiger partial charge in [-0.1, -0.05) is 17.9 Å².